The van der Waals surface area contributed by atoms with Crippen LogP contribution in [0.5, 0.6) is 5.75 Å². The molecule has 0 aliphatic carbocycles. The quantitative estimate of drug-likeness (QED) is 0.522. The molecule has 1 amide bonds. The standard InChI is InChI=1S/C23H39NO4Si/c1-18(17-26-29(8,9)23(5,6)7)27-20-15-11-10-13-19(20)14-12-16-24-21(25)28-22(2,3)4/h10-15,18H,16-17H2,1-9H3,(H,24,25)/b14-12+/t18-/m0/s1. The smallest absolute Gasteiger partial charge is 0.407 e. The molecule has 0 saturated carbocycles. The number of carbonyl (C=O) groups is 1. The van der Waals surface area contributed by atoms with E-state index in [0.717, 1.165) is 11.3 Å². The highest BCUT2D eigenvalue weighted by atomic mass is 28.4. The van der Waals surface area contributed by atoms with Crippen molar-refractivity contribution >= 4 is 20.5 Å². The molecule has 5 nitrogen and oxygen atoms in total. The lowest BCUT2D eigenvalue weighted by Crippen LogP contribution is -2.43. The number of rotatable bonds is 8. The summed E-state index contributed by atoms with van der Waals surface area (Å²) in [6.07, 6.45) is 3.33. The van der Waals surface area contributed by atoms with Crippen molar-refractivity contribution in [2.45, 2.75) is 78.3 Å². The van der Waals surface area contributed by atoms with Crippen LogP contribution >= 0.6 is 0 Å². The normalized spacial score (nSPS) is 14.0. The van der Waals surface area contributed by atoms with Gasteiger partial charge in [-0.15, -0.1) is 0 Å². The number of alkyl carbamates (subject to hydrolysis) is 1. The second-order valence-electron chi connectivity index (χ2n) is 9.82. The number of hydrogen-bond donors (Lipinski definition) is 1. The van der Waals surface area contributed by atoms with Crippen molar-refractivity contribution in [3.05, 3.63) is 35.9 Å². The third-order valence-corrected chi connectivity index (χ3v) is 9.29. The van der Waals surface area contributed by atoms with Crippen LogP contribution in [0.15, 0.2) is 30.3 Å². The predicted octanol–water partition coefficient (Wildman–Crippen LogP) is 6.01. The van der Waals surface area contributed by atoms with Gasteiger partial charge in [0.1, 0.15) is 17.5 Å². The molecule has 6 heteroatoms. The van der Waals surface area contributed by atoms with Gasteiger partial charge in [0.25, 0.3) is 0 Å². The summed E-state index contributed by atoms with van der Waals surface area (Å²) in [6.45, 7) is 19.7. The van der Waals surface area contributed by atoms with Gasteiger partial charge >= 0.3 is 6.09 Å². The van der Waals surface area contributed by atoms with E-state index in [2.05, 4.69) is 39.2 Å². The van der Waals surface area contributed by atoms with E-state index in [1.165, 1.54) is 0 Å². The highest BCUT2D eigenvalue weighted by molar-refractivity contribution is 6.74. The van der Waals surface area contributed by atoms with Gasteiger partial charge < -0.3 is 19.2 Å². The van der Waals surface area contributed by atoms with Crippen molar-refractivity contribution in [1.82, 2.24) is 5.32 Å². The second-order valence-corrected chi connectivity index (χ2v) is 14.6. The summed E-state index contributed by atoms with van der Waals surface area (Å²) in [5.41, 5.74) is 0.453. The number of amides is 1. The first-order valence-electron chi connectivity index (χ1n) is 10.2. The maximum absolute atomic E-state index is 11.7. The van der Waals surface area contributed by atoms with Crippen LogP contribution in [0, 0.1) is 0 Å². The zero-order valence-electron chi connectivity index (χ0n) is 19.6. The minimum Gasteiger partial charge on any atom is -0.488 e. The van der Waals surface area contributed by atoms with Gasteiger partial charge in [-0.3, -0.25) is 0 Å². The Balaban J connectivity index is 2.62. The lowest BCUT2D eigenvalue weighted by atomic mass is 10.2. The molecule has 164 valence electrons. The van der Waals surface area contributed by atoms with Crippen molar-refractivity contribution in [1.29, 1.82) is 0 Å². The molecule has 0 aliphatic rings. The molecule has 1 rings (SSSR count). The van der Waals surface area contributed by atoms with Gasteiger partial charge in [-0.1, -0.05) is 51.1 Å². The molecule has 0 aromatic heterocycles. The lowest BCUT2D eigenvalue weighted by Gasteiger charge is -2.37. The zero-order chi connectivity index (χ0) is 22.3. The molecule has 0 radical (unpaired) electrons. The Morgan fingerprint density at radius 3 is 2.34 bits per heavy atom. The molecule has 1 atom stereocenters. The Bertz CT molecular complexity index is 687. The Labute approximate surface area is 178 Å². The predicted molar refractivity (Wildman–Crippen MR) is 123 cm³/mol. The molecule has 1 aromatic rings. The number of para-hydroxylation sites is 1. The number of hydrogen-bond acceptors (Lipinski definition) is 4. The fraction of sp³-hybridized carbons (Fsp3) is 0.609. The van der Waals surface area contributed by atoms with Gasteiger partial charge in [0, 0.05) is 12.1 Å². The van der Waals surface area contributed by atoms with Crippen LogP contribution < -0.4 is 10.1 Å². The molecular weight excluding hydrogens is 382 g/mol. The van der Waals surface area contributed by atoms with Gasteiger partial charge in [-0.05, 0) is 51.9 Å². The van der Waals surface area contributed by atoms with E-state index >= 15 is 0 Å². The largest absolute Gasteiger partial charge is 0.488 e. The van der Waals surface area contributed by atoms with Crippen LogP contribution in [-0.4, -0.2) is 39.3 Å². The summed E-state index contributed by atoms with van der Waals surface area (Å²) in [7, 11) is -1.80. The van der Waals surface area contributed by atoms with E-state index in [1.54, 1.807) is 0 Å². The molecule has 0 fully saturated rings. The van der Waals surface area contributed by atoms with Crippen LogP contribution in [-0.2, 0) is 9.16 Å². The minimum atomic E-state index is -1.80. The molecule has 1 aromatic carbocycles. The number of ether oxygens (including phenoxy) is 2. The number of benzene rings is 1. The van der Waals surface area contributed by atoms with Crippen molar-refractivity contribution in [3.63, 3.8) is 0 Å². The van der Waals surface area contributed by atoms with Crippen LogP contribution in [0.1, 0.15) is 54.0 Å². The van der Waals surface area contributed by atoms with E-state index in [0.29, 0.717) is 13.2 Å². The molecular formula is C23H39NO4Si. The summed E-state index contributed by atoms with van der Waals surface area (Å²) in [5, 5.41) is 2.89. The van der Waals surface area contributed by atoms with Crippen LogP contribution in [0.2, 0.25) is 18.1 Å². The summed E-state index contributed by atoms with van der Waals surface area (Å²) in [4.78, 5) is 11.7. The summed E-state index contributed by atoms with van der Waals surface area (Å²) in [5.74, 6) is 0.798. The van der Waals surface area contributed by atoms with Crippen molar-refractivity contribution in [2.24, 2.45) is 0 Å². The zero-order valence-corrected chi connectivity index (χ0v) is 20.6. The van der Waals surface area contributed by atoms with Gasteiger partial charge in [0.2, 0.25) is 0 Å². The topological polar surface area (TPSA) is 56.8 Å². The average molecular weight is 422 g/mol. The van der Waals surface area contributed by atoms with Crippen LogP contribution in [0.4, 0.5) is 4.79 Å². The van der Waals surface area contributed by atoms with Gasteiger partial charge in [-0.25, -0.2) is 4.79 Å². The third kappa shape index (κ3) is 9.50. The molecule has 0 aliphatic heterocycles. The first-order chi connectivity index (χ1) is 13.2. The Morgan fingerprint density at radius 2 is 1.76 bits per heavy atom. The van der Waals surface area contributed by atoms with Gasteiger partial charge in [0.15, 0.2) is 8.32 Å². The molecule has 0 saturated heterocycles. The van der Waals surface area contributed by atoms with Crippen LogP contribution in [0.3, 0.4) is 0 Å². The highest BCUT2D eigenvalue weighted by Crippen LogP contribution is 2.36. The van der Waals surface area contributed by atoms with Crippen molar-refractivity contribution in [3.8, 4) is 5.75 Å². The van der Waals surface area contributed by atoms with E-state index in [1.807, 2.05) is 64.1 Å². The first kappa shape index (κ1) is 25.2. The third-order valence-electron chi connectivity index (χ3n) is 4.79. The molecule has 0 bridgehead atoms. The minimum absolute atomic E-state index is 0.0569. The van der Waals surface area contributed by atoms with E-state index < -0.39 is 20.0 Å². The first-order valence-corrected chi connectivity index (χ1v) is 13.2. The molecule has 0 heterocycles. The maximum Gasteiger partial charge on any atom is 0.407 e. The number of carbonyl (C=O) groups excluding carboxylic acids is 1. The van der Waals surface area contributed by atoms with E-state index in [4.69, 9.17) is 13.9 Å². The summed E-state index contributed by atoms with van der Waals surface area (Å²) < 4.78 is 17.6. The fourth-order valence-electron chi connectivity index (χ4n) is 2.16. The Hall–Kier alpha value is -1.79. The Kier molecular flexibility index (Phi) is 8.97. The summed E-state index contributed by atoms with van der Waals surface area (Å²) in [6, 6.07) is 7.85. The van der Waals surface area contributed by atoms with E-state index in [-0.39, 0.29) is 11.1 Å². The molecule has 1 N–H and O–H groups in total. The van der Waals surface area contributed by atoms with Crippen molar-refractivity contribution in [2.75, 3.05) is 13.2 Å². The summed E-state index contributed by atoms with van der Waals surface area (Å²) >= 11 is 0. The number of nitrogens with one attached hydrogen (secondary N) is 1. The van der Waals surface area contributed by atoms with Crippen molar-refractivity contribution < 1.29 is 18.7 Å². The average Bonchev–Trinajstić information content (AvgIpc) is 2.56. The maximum atomic E-state index is 11.7. The molecule has 29 heavy (non-hydrogen) atoms. The molecule has 0 spiro atoms. The SMILES string of the molecule is C[C@@H](CO[Si](C)(C)C(C)(C)C)Oc1ccccc1/C=C/CNC(=O)OC(C)(C)C. The van der Waals surface area contributed by atoms with Gasteiger partial charge in [-0.2, -0.15) is 0 Å². The highest BCUT2D eigenvalue weighted by Gasteiger charge is 2.37. The Morgan fingerprint density at radius 1 is 1.14 bits per heavy atom. The lowest BCUT2D eigenvalue weighted by molar-refractivity contribution is 0.0534. The fourth-order valence-corrected chi connectivity index (χ4v) is 3.25. The monoisotopic (exact) mass is 421 g/mol. The molecule has 0 unspecified atom stereocenters. The second kappa shape index (κ2) is 10.3. The van der Waals surface area contributed by atoms with Crippen LogP contribution in [0.25, 0.3) is 6.08 Å². The van der Waals surface area contributed by atoms with E-state index in [9.17, 15) is 4.79 Å². The van der Waals surface area contributed by atoms with Gasteiger partial charge in [0.05, 0.1) is 6.61 Å².